The van der Waals surface area contributed by atoms with Gasteiger partial charge in [-0.3, -0.25) is 0 Å². The highest BCUT2D eigenvalue weighted by atomic mass is 32.2. The molecule has 4 rings (SSSR count). The maximum Gasteiger partial charge on any atom is 0.120 e. The second-order valence-electron chi connectivity index (χ2n) is 7.45. The molecule has 1 saturated heterocycles. The van der Waals surface area contributed by atoms with Gasteiger partial charge in [-0.2, -0.15) is 0 Å². The number of thioether (sulfide) groups is 1. The highest BCUT2D eigenvalue weighted by Crippen LogP contribution is 2.35. The minimum absolute atomic E-state index is 0.352. The predicted octanol–water partition coefficient (Wildman–Crippen LogP) is 4.12. The van der Waals surface area contributed by atoms with Gasteiger partial charge in [0.25, 0.3) is 0 Å². The van der Waals surface area contributed by atoms with E-state index in [1.54, 1.807) is 11.8 Å². The zero-order valence-corrected chi connectivity index (χ0v) is 16.5. The number of likely N-dealkylation sites (N-methyl/N-ethyl adjacent to an activating group) is 1. The molecule has 2 aliphatic heterocycles. The van der Waals surface area contributed by atoms with Crippen LogP contribution in [0.4, 0.5) is 0 Å². The van der Waals surface area contributed by atoms with Crippen LogP contribution in [0.15, 0.2) is 47.4 Å². The fraction of sp³-hybridized carbons (Fsp3) is 0.455. The highest BCUT2D eigenvalue weighted by molar-refractivity contribution is 7.98. The van der Waals surface area contributed by atoms with Crippen molar-refractivity contribution in [3.05, 3.63) is 59.2 Å². The quantitative estimate of drug-likeness (QED) is 0.821. The Kier molecular flexibility index (Phi) is 5.53. The van der Waals surface area contributed by atoms with Gasteiger partial charge in [-0.1, -0.05) is 18.2 Å². The summed E-state index contributed by atoms with van der Waals surface area (Å²) < 4.78 is 6.27. The van der Waals surface area contributed by atoms with Gasteiger partial charge in [0.2, 0.25) is 0 Å². The summed E-state index contributed by atoms with van der Waals surface area (Å²) in [5, 5.41) is 3.40. The molecule has 2 aromatic carbocycles. The van der Waals surface area contributed by atoms with Gasteiger partial charge in [0.15, 0.2) is 0 Å². The van der Waals surface area contributed by atoms with Crippen molar-refractivity contribution >= 4 is 11.8 Å². The Bertz CT molecular complexity index is 740. The molecule has 1 atom stereocenters. The summed E-state index contributed by atoms with van der Waals surface area (Å²) in [6, 6.07) is 15.8. The molecule has 0 aromatic heterocycles. The average Bonchev–Trinajstić information content (AvgIpc) is 2.68. The fourth-order valence-electron chi connectivity index (χ4n) is 4.12. The van der Waals surface area contributed by atoms with E-state index in [1.807, 2.05) is 0 Å². The Morgan fingerprint density at radius 3 is 2.58 bits per heavy atom. The second kappa shape index (κ2) is 8.03. The Morgan fingerprint density at radius 1 is 1.08 bits per heavy atom. The summed E-state index contributed by atoms with van der Waals surface area (Å²) >= 11 is 1.80. The lowest BCUT2D eigenvalue weighted by Gasteiger charge is -2.33. The first-order valence-electron chi connectivity index (χ1n) is 9.55. The number of rotatable bonds is 4. The van der Waals surface area contributed by atoms with Crippen LogP contribution in [-0.2, 0) is 6.54 Å². The molecular formula is C22H28N2OS. The minimum Gasteiger partial charge on any atom is -0.490 e. The molecule has 0 spiro atoms. The summed E-state index contributed by atoms with van der Waals surface area (Å²) in [4.78, 5) is 3.74. The summed E-state index contributed by atoms with van der Waals surface area (Å²) in [6.45, 7) is 4.19. The summed E-state index contributed by atoms with van der Waals surface area (Å²) in [6.07, 6.45) is 4.68. The van der Waals surface area contributed by atoms with Crippen molar-refractivity contribution in [1.82, 2.24) is 10.2 Å². The molecule has 2 heterocycles. The average molecular weight is 369 g/mol. The summed E-state index contributed by atoms with van der Waals surface area (Å²) in [7, 11) is 2.21. The van der Waals surface area contributed by atoms with Crippen LogP contribution in [0.25, 0.3) is 0 Å². The van der Waals surface area contributed by atoms with E-state index in [0.717, 1.165) is 44.8 Å². The molecule has 138 valence electrons. The third-order valence-corrected chi connectivity index (χ3v) is 6.28. The third-order valence-electron chi connectivity index (χ3n) is 5.53. The van der Waals surface area contributed by atoms with Gasteiger partial charge in [0, 0.05) is 23.9 Å². The molecule has 3 nitrogen and oxygen atoms in total. The van der Waals surface area contributed by atoms with Crippen LogP contribution in [0, 0.1) is 0 Å². The number of benzene rings is 2. The van der Waals surface area contributed by atoms with Crippen molar-refractivity contribution in [3.63, 3.8) is 0 Å². The molecule has 0 amide bonds. The lowest BCUT2D eigenvalue weighted by Crippen LogP contribution is -2.34. The SMILES string of the molecule is CSc1ccc(C2CN(C)Cc3cc(OC4CCNCC4)ccc32)cc1. The second-order valence-corrected chi connectivity index (χ2v) is 8.33. The van der Waals surface area contributed by atoms with Crippen molar-refractivity contribution in [2.45, 2.75) is 36.3 Å². The molecule has 0 bridgehead atoms. The molecule has 1 fully saturated rings. The van der Waals surface area contributed by atoms with E-state index in [2.05, 4.69) is 66.0 Å². The minimum atomic E-state index is 0.352. The first-order chi connectivity index (χ1) is 12.7. The van der Waals surface area contributed by atoms with E-state index >= 15 is 0 Å². The number of fused-ring (bicyclic) bond motifs is 1. The van der Waals surface area contributed by atoms with E-state index in [9.17, 15) is 0 Å². The standard InChI is InChI=1S/C22H28N2OS/c1-24-14-17-13-19(25-18-9-11-23-12-10-18)5-8-21(17)22(15-24)16-3-6-20(26-2)7-4-16/h3-8,13,18,22-23H,9-12,14-15H2,1-2H3. The molecule has 0 saturated carbocycles. The zero-order chi connectivity index (χ0) is 17.9. The predicted molar refractivity (Wildman–Crippen MR) is 109 cm³/mol. The lowest BCUT2D eigenvalue weighted by molar-refractivity contribution is 0.162. The summed E-state index contributed by atoms with van der Waals surface area (Å²) in [5.74, 6) is 1.47. The molecule has 0 aliphatic carbocycles. The third kappa shape index (κ3) is 3.93. The van der Waals surface area contributed by atoms with E-state index in [1.165, 1.54) is 21.6 Å². The molecular weight excluding hydrogens is 340 g/mol. The molecule has 0 radical (unpaired) electrons. The Hall–Kier alpha value is -1.49. The van der Waals surface area contributed by atoms with Crippen molar-refractivity contribution in [1.29, 1.82) is 0 Å². The van der Waals surface area contributed by atoms with Crippen molar-refractivity contribution < 1.29 is 4.74 Å². The van der Waals surface area contributed by atoms with Crippen LogP contribution in [-0.4, -0.2) is 43.9 Å². The summed E-state index contributed by atoms with van der Waals surface area (Å²) in [5.41, 5.74) is 4.27. The van der Waals surface area contributed by atoms with Gasteiger partial charge in [-0.25, -0.2) is 0 Å². The van der Waals surface area contributed by atoms with Crippen molar-refractivity contribution in [2.24, 2.45) is 0 Å². The van der Waals surface area contributed by atoms with Crippen LogP contribution < -0.4 is 10.1 Å². The van der Waals surface area contributed by atoms with Gasteiger partial charge in [-0.15, -0.1) is 11.8 Å². The lowest BCUT2D eigenvalue weighted by atomic mass is 9.85. The van der Waals surface area contributed by atoms with Crippen LogP contribution in [0.1, 0.15) is 35.4 Å². The highest BCUT2D eigenvalue weighted by Gasteiger charge is 2.25. The van der Waals surface area contributed by atoms with E-state index in [0.29, 0.717) is 12.0 Å². The fourth-order valence-corrected chi connectivity index (χ4v) is 4.53. The van der Waals surface area contributed by atoms with E-state index in [4.69, 9.17) is 4.74 Å². The monoisotopic (exact) mass is 368 g/mol. The molecule has 1 N–H and O–H groups in total. The Morgan fingerprint density at radius 2 is 1.85 bits per heavy atom. The van der Waals surface area contributed by atoms with E-state index in [-0.39, 0.29) is 0 Å². The van der Waals surface area contributed by atoms with Crippen LogP contribution >= 0.6 is 11.8 Å². The van der Waals surface area contributed by atoms with Gasteiger partial charge >= 0.3 is 0 Å². The van der Waals surface area contributed by atoms with Crippen LogP contribution in [0.5, 0.6) is 5.75 Å². The Balaban J connectivity index is 1.58. The van der Waals surface area contributed by atoms with Gasteiger partial charge in [-0.05, 0) is 80.2 Å². The van der Waals surface area contributed by atoms with Gasteiger partial charge < -0.3 is 15.0 Å². The number of piperidine rings is 1. The number of hydrogen-bond donors (Lipinski definition) is 1. The topological polar surface area (TPSA) is 24.5 Å². The first-order valence-corrected chi connectivity index (χ1v) is 10.8. The molecule has 26 heavy (non-hydrogen) atoms. The molecule has 1 unspecified atom stereocenters. The van der Waals surface area contributed by atoms with Crippen LogP contribution in [0.2, 0.25) is 0 Å². The van der Waals surface area contributed by atoms with Crippen molar-refractivity contribution in [3.8, 4) is 5.75 Å². The van der Waals surface area contributed by atoms with Gasteiger partial charge in [0.1, 0.15) is 11.9 Å². The molecule has 4 heteroatoms. The Labute approximate surface area is 161 Å². The normalized spacial score (nSPS) is 21.4. The van der Waals surface area contributed by atoms with Crippen molar-refractivity contribution in [2.75, 3.05) is 32.9 Å². The largest absolute Gasteiger partial charge is 0.490 e. The number of nitrogens with zero attached hydrogens (tertiary/aromatic N) is 1. The zero-order valence-electron chi connectivity index (χ0n) is 15.7. The molecule has 2 aromatic rings. The number of nitrogens with one attached hydrogen (secondary N) is 1. The maximum absolute atomic E-state index is 6.27. The smallest absolute Gasteiger partial charge is 0.120 e. The first kappa shape index (κ1) is 17.9. The number of hydrogen-bond acceptors (Lipinski definition) is 4. The van der Waals surface area contributed by atoms with Gasteiger partial charge in [0.05, 0.1) is 0 Å². The molecule has 2 aliphatic rings. The van der Waals surface area contributed by atoms with Crippen LogP contribution in [0.3, 0.4) is 0 Å². The van der Waals surface area contributed by atoms with E-state index < -0.39 is 0 Å². The maximum atomic E-state index is 6.27. The number of ether oxygens (including phenoxy) is 1.